The van der Waals surface area contributed by atoms with E-state index in [0.29, 0.717) is 30.0 Å². The third kappa shape index (κ3) is 5.92. The van der Waals surface area contributed by atoms with Gasteiger partial charge in [-0.15, -0.1) is 0 Å². The van der Waals surface area contributed by atoms with Crippen LogP contribution in [0.15, 0.2) is 54.6 Å². The Labute approximate surface area is 194 Å². The Morgan fingerprint density at radius 3 is 2.18 bits per heavy atom. The van der Waals surface area contributed by atoms with E-state index >= 15 is 0 Å². The van der Waals surface area contributed by atoms with E-state index in [9.17, 15) is 14.4 Å². The molecule has 0 bridgehead atoms. The maximum Gasteiger partial charge on any atom is 0.320 e. The van der Waals surface area contributed by atoms with Crippen molar-refractivity contribution in [1.82, 2.24) is 15.1 Å². The van der Waals surface area contributed by atoms with Crippen LogP contribution in [0.4, 0.5) is 4.79 Å². The number of urea groups is 1. The Morgan fingerprint density at radius 1 is 0.818 bits per heavy atom. The first-order valence-corrected chi connectivity index (χ1v) is 11.8. The van der Waals surface area contributed by atoms with Gasteiger partial charge in [-0.2, -0.15) is 0 Å². The molecule has 2 fully saturated rings. The van der Waals surface area contributed by atoms with E-state index in [1.807, 2.05) is 21.9 Å². The lowest BCUT2D eigenvalue weighted by Gasteiger charge is -2.37. The van der Waals surface area contributed by atoms with Gasteiger partial charge in [0.1, 0.15) is 11.9 Å². The quantitative estimate of drug-likeness (QED) is 0.682. The summed E-state index contributed by atoms with van der Waals surface area (Å²) in [6, 6.07) is 16.1. The lowest BCUT2D eigenvalue weighted by molar-refractivity contribution is 0.0860. The van der Waals surface area contributed by atoms with Crippen molar-refractivity contribution in [1.29, 1.82) is 0 Å². The molecular weight excluding hydrogens is 418 g/mol. The standard InChI is InChI=1S/C26H31N3O4/c30-23(20-9-3-1-4-10-20)19-27-25(31)22-11-5-6-12-24(22)33-21-13-17-29(18-14-21)26(32)28-15-7-2-8-16-28/h1,3-6,9-12,21H,2,7-8,13-19H2,(H,27,31). The van der Waals surface area contributed by atoms with Crippen LogP contribution in [-0.2, 0) is 0 Å². The summed E-state index contributed by atoms with van der Waals surface area (Å²) in [6.07, 6.45) is 4.76. The number of ketones is 1. The average Bonchev–Trinajstić information content (AvgIpc) is 2.88. The van der Waals surface area contributed by atoms with Crippen molar-refractivity contribution in [3.8, 4) is 5.75 Å². The van der Waals surface area contributed by atoms with Crippen molar-refractivity contribution < 1.29 is 19.1 Å². The molecule has 2 aliphatic rings. The van der Waals surface area contributed by atoms with E-state index < -0.39 is 0 Å². The molecule has 0 unspecified atom stereocenters. The number of para-hydroxylation sites is 1. The average molecular weight is 450 g/mol. The lowest BCUT2D eigenvalue weighted by atomic mass is 10.1. The molecule has 7 nitrogen and oxygen atoms in total. The number of hydrogen-bond acceptors (Lipinski definition) is 4. The highest BCUT2D eigenvalue weighted by Crippen LogP contribution is 2.24. The van der Waals surface area contributed by atoms with E-state index in [-0.39, 0.29) is 30.4 Å². The number of nitrogens with zero attached hydrogens (tertiary/aromatic N) is 2. The Balaban J connectivity index is 1.30. The van der Waals surface area contributed by atoms with Crippen LogP contribution in [0.5, 0.6) is 5.75 Å². The molecule has 3 amide bonds. The zero-order chi connectivity index (χ0) is 23.0. The summed E-state index contributed by atoms with van der Waals surface area (Å²) in [4.78, 5) is 41.7. The third-order valence-corrected chi connectivity index (χ3v) is 6.27. The van der Waals surface area contributed by atoms with E-state index in [2.05, 4.69) is 5.32 Å². The fraction of sp³-hybridized carbons (Fsp3) is 0.423. The summed E-state index contributed by atoms with van der Waals surface area (Å²) < 4.78 is 6.18. The van der Waals surface area contributed by atoms with Crippen LogP contribution in [-0.4, -0.2) is 66.3 Å². The molecule has 0 atom stereocenters. The second-order valence-electron chi connectivity index (χ2n) is 8.60. The minimum atomic E-state index is -0.340. The first-order valence-electron chi connectivity index (χ1n) is 11.8. The van der Waals surface area contributed by atoms with E-state index in [4.69, 9.17) is 4.74 Å². The fourth-order valence-electron chi connectivity index (χ4n) is 4.37. The highest BCUT2D eigenvalue weighted by molar-refractivity contribution is 6.03. The molecule has 0 radical (unpaired) electrons. The van der Waals surface area contributed by atoms with Gasteiger partial charge >= 0.3 is 6.03 Å². The molecule has 7 heteroatoms. The van der Waals surface area contributed by atoms with Gasteiger partial charge < -0.3 is 19.9 Å². The van der Waals surface area contributed by atoms with Gasteiger partial charge in [0.25, 0.3) is 5.91 Å². The molecule has 2 aliphatic heterocycles. The number of rotatable bonds is 6. The molecule has 0 spiro atoms. The van der Waals surface area contributed by atoms with Crippen molar-refractivity contribution >= 4 is 17.7 Å². The predicted molar refractivity (Wildman–Crippen MR) is 126 cm³/mol. The van der Waals surface area contributed by atoms with E-state index in [1.165, 1.54) is 6.42 Å². The van der Waals surface area contributed by atoms with Crippen LogP contribution < -0.4 is 10.1 Å². The van der Waals surface area contributed by atoms with Crippen LogP contribution in [0.25, 0.3) is 0 Å². The smallest absolute Gasteiger partial charge is 0.320 e. The lowest BCUT2D eigenvalue weighted by Crippen LogP contribution is -2.49. The highest BCUT2D eigenvalue weighted by Gasteiger charge is 2.28. The number of ether oxygens (including phenoxy) is 1. The van der Waals surface area contributed by atoms with Crippen LogP contribution >= 0.6 is 0 Å². The monoisotopic (exact) mass is 449 g/mol. The van der Waals surface area contributed by atoms with Gasteiger partial charge in [-0.3, -0.25) is 9.59 Å². The molecule has 174 valence electrons. The molecule has 4 rings (SSSR count). The molecule has 2 aromatic carbocycles. The summed E-state index contributed by atoms with van der Waals surface area (Å²) in [5, 5.41) is 2.71. The maximum absolute atomic E-state index is 12.8. The number of Topliss-reactive ketones (excluding diaryl/α,β-unsaturated/α-hetero) is 1. The highest BCUT2D eigenvalue weighted by atomic mass is 16.5. The number of amides is 3. The van der Waals surface area contributed by atoms with Crippen LogP contribution in [0.1, 0.15) is 52.8 Å². The minimum absolute atomic E-state index is 0.0599. The molecule has 33 heavy (non-hydrogen) atoms. The van der Waals surface area contributed by atoms with Crippen molar-refractivity contribution in [2.45, 2.75) is 38.2 Å². The van der Waals surface area contributed by atoms with Gasteiger partial charge in [-0.1, -0.05) is 42.5 Å². The molecule has 1 N–H and O–H groups in total. The topological polar surface area (TPSA) is 79.0 Å². The summed E-state index contributed by atoms with van der Waals surface area (Å²) in [6.45, 7) is 2.93. The summed E-state index contributed by atoms with van der Waals surface area (Å²) in [5.74, 6) is 0.0173. The molecule has 2 heterocycles. The second kappa shape index (κ2) is 11.0. The summed E-state index contributed by atoms with van der Waals surface area (Å²) >= 11 is 0. The third-order valence-electron chi connectivity index (χ3n) is 6.27. The number of carbonyl (C=O) groups is 3. The fourth-order valence-corrected chi connectivity index (χ4v) is 4.37. The zero-order valence-corrected chi connectivity index (χ0v) is 18.9. The van der Waals surface area contributed by atoms with Gasteiger partial charge in [0.2, 0.25) is 0 Å². The maximum atomic E-state index is 12.8. The molecule has 0 aromatic heterocycles. The Hall–Kier alpha value is -3.35. The normalized spacial score (nSPS) is 16.8. The van der Waals surface area contributed by atoms with Crippen molar-refractivity contribution in [3.63, 3.8) is 0 Å². The molecular formula is C26H31N3O4. The molecule has 0 saturated carbocycles. The zero-order valence-electron chi connectivity index (χ0n) is 18.9. The van der Waals surface area contributed by atoms with Gasteiger partial charge in [0, 0.05) is 44.6 Å². The Bertz CT molecular complexity index is 965. The van der Waals surface area contributed by atoms with Gasteiger partial charge in [0.05, 0.1) is 12.1 Å². The van der Waals surface area contributed by atoms with Gasteiger partial charge in [0.15, 0.2) is 5.78 Å². The Morgan fingerprint density at radius 2 is 1.45 bits per heavy atom. The number of nitrogens with one attached hydrogen (secondary N) is 1. The summed E-state index contributed by atoms with van der Waals surface area (Å²) in [5.41, 5.74) is 0.971. The minimum Gasteiger partial charge on any atom is -0.489 e. The first-order chi connectivity index (χ1) is 16.1. The van der Waals surface area contributed by atoms with Crippen molar-refractivity contribution in [3.05, 3.63) is 65.7 Å². The molecule has 2 aromatic rings. The number of hydrogen-bond donors (Lipinski definition) is 1. The number of piperidine rings is 2. The van der Waals surface area contributed by atoms with Crippen LogP contribution in [0.2, 0.25) is 0 Å². The number of benzene rings is 2. The SMILES string of the molecule is O=C(CNC(=O)c1ccccc1OC1CCN(C(=O)N2CCCCC2)CC1)c1ccccc1. The number of carbonyl (C=O) groups excluding carboxylic acids is 3. The van der Waals surface area contributed by atoms with E-state index in [0.717, 1.165) is 38.8 Å². The predicted octanol–water partition coefficient (Wildman–Crippen LogP) is 3.75. The second-order valence-corrected chi connectivity index (χ2v) is 8.60. The Kier molecular flexibility index (Phi) is 7.60. The molecule has 2 saturated heterocycles. The van der Waals surface area contributed by atoms with Crippen molar-refractivity contribution in [2.75, 3.05) is 32.7 Å². The summed E-state index contributed by atoms with van der Waals surface area (Å²) in [7, 11) is 0. The van der Waals surface area contributed by atoms with E-state index in [1.54, 1.807) is 42.5 Å². The first kappa shape index (κ1) is 22.8. The van der Waals surface area contributed by atoms with Crippen LogP contribution in [0.3, 0.4) is 0 Å². The van der Waals surface area contributed by atoms with Crippen molar-refractivity contribution in [2.24, 2.45) is 0 Å². The molecule has 0 aliphatic carbocycles. The van der Waals surface area contributed by atoms with Gasteiger partial charge in [-0.05, 0) is 31.4 Å². The largest absolute Gasteiger partial charge is 0.489 e. The van der Waals surface area contributed by atoms with Crippen LogP contribution in [0, 0.1) is 0 Å². The van der Waals surface area contributed by atoms with Gasteiger partial charge in [-0.25, -0.2) is 4.79 Å². The number of likely N-dealkylation sites (tertiary alicyclic amines) is 2.